The number of pyridine rings is 1. The van der Waals surface area contributed by atoms with Gasteiger partial charge in [0.15, 0.2) is 0 Å². The maximum atomic E-state index is 12.1. The van der Waals surface area contributed by atoms with E-state index in [1.165, 1.54) is 36.5 Å². The molecule has 0 radical (unpaired) electrons. The highest BCUT2D eigenvalue weighted by atomic mass is 35.5. The predicted molar refractivity (Wildman–Crippen MR) is 103 cm³/mol. The Morgan fingerprint density at radius 1 is 1.07 bits per heavy atom. The van der Waals surface area contributed by atoms with Crippen molar-refractivity contribution < 1.29 is 24.5 Å². The van der Waals surface area contributed by atoms with Crippen LogP contribution in [0.4, 0.5) is 5.69 Å². The molecule has 3 N–H and O–H groups in total. The molecule has 3 rings (SSSR count). The van der Waals surface area contributed by atoms with E-state index < -0.39 is 5.97 Å². The Kier molecular flexibility index (Phi) is 5.76. The van der Waals surface area contributed by atoms with E-state index in [1.54, 1.807) is 24.3 Å². The van der Waals surface area contributed by atoms with E-state index in [0.29, 0.717) is 22.6 Å². The van der Waals surface area contributed by atoms with Crippen LogP contribution in [0.1, 0.15) is 15.9 Å². The van der Waals surface area contributed by atoms with Crippen LogP contribution >= 0.6 is 11.6 Å². The van der Waals surface area contributed by atoms with Gasteiger partial charge in [-0.05, 0) is 48.0 Å². The third kappa shape index (κ3) is 4.99. The molecule has 0 saturated carbocycles. The number of ether oxygens (including phenoxy) is 1. The molecule has 8 heteroatoms. The highest BCUT2D eigenvalue weighted by molar-refractivity contribution is 6.32. The minimum absolute atomic E-state index is 0.0781. The van der Waals surface area contributed by atoms with Gasteiger partial charge in [0.25, 0.3) is 5.91 Å². The Morgan fingerprint density at radius 2 is 1.82 bits per heavy atom. The van der Waals surface area contributed by atoms with Gasteiger partial charge >= 0.3 is 5.97 Å². The number of benzene rings is 2. The lowest BCUT2D eigenvalue weighted by Crippen LogP contribution is -2.11. The van der Waals surface area contributed by atoms with Crippen molar-refractivity contribution in [1.29, 1.82) is 0 Å². The second kappa shape index (κ2) is 8.41. The van der Waals surface area contributed by atoms with Crippen LogP contribution in [0.5, 0.6) is 17.4 Å². The average Bonchev–Trinajstić information content (AvgIpc) is 2.65. The van der Waals surface area contributed by atoms with Crippen molar-refractivity contribution >= 4 is 29.2 Å². The lowest BCUT2D eigenvalue weighted by molar-refractivity contribution is -0.136. The lowest BCUT2D eigenvalue weighted by atomic mass is 10.1. The van der Waals surface area contributed by atoms with Crippen LogP contribution in [0.3, 0.4) is 0 Å². The number of hydrogen-bond donors (Lipinski definition) is 3. The lowest BCUT2D eigenvalue weighted by Gasteiger charge is -2.09. The fraction of sp³-hybridized carbons (Fsp3) is 0.0500. The summed E-state index contributed by atoms with van der Waals surface area (Å²) >= 11 is 6.12. The van der Waals surface area contributed by atoms with Gasteiger partial charge < -0.3 is 20.3 Å². The smallest absolute Gasteiger partial charge is 0.307 e. The molecule has 0 spiro atoms. The summed E-state index contributed by atoms with van der Waals surface area (Å²) in [6, 6.07) is 13.8. The van der Waals surface area contributed by atoms with Gasteiger partial charge in [-0.1, -0.05) is 17.7 Å². The number of anilines is 1. The van der Waals surface area contributed by atoms with Gasteiger partial charge in [-0.2, -0.15) is 0 Å². The van der Waals surface area contributed by atoms with Gasteiger partial charge in [-0.15, -0.1) is 0 Å². The molecule has 0 aliphatic carbocycles. The first-order valence-electron chi connectivity index (χ1n) is 8.15. The first-order valence-corrected chi connectivity index (χ1v) is 8.53. The molecule has 1 amide bonds. The molecule has 142 valence electrons. The van der Waals surface area contributed by atoms with Crippen molar-refractivity contribution in [2.24, 2.45) is 0 Å². The minimum Gasteiger partial charge on any atom is -0.508 e. The summed E-state index contributed by atoms with van der Waals surface area (Å²) < 4.78 is 5.60. The number of rotatable bonds is 6. The van der Waals surface area contributed by atoms with Crippen molar-refractivity contribution in [3.05, 3.63) is 76.9 Å². The summed E-state index contributed by atoms with van der Waals surface area (Å²) in [6.45, 7) is 0. The molecular formula is C20H15ClN2O5. The van der Waals surface area contributed by atoms with Gasteiger partial charge in [-0.25, -0.2) is 4.98 Å². The van der Waals surface area contributed by atoms with Gasteiger partial charge in [0.1, 0.15) is 11.5 Å². The van der Waals surface area contributed by atoms with Crippen LogP contribution in [-0.2, 0) is 11.2 Å². The predicted octanol–water partition coefficient (Wildman–Crippen LogP) is 4.11. The zero-order valence-corrected chi connectivity index (χ0v) is 15.2. The fourth-order valence-electron chi connectivity index (χ4n) is 2.36. The van der Waals surface area contributed by atoms with Crippen molar-refractivity contribution in [2.75, 3.05) is 5.32 Å². The molecule has 0 saturated heterocycles. The Bertz CT molecular complexity index is 1000. The van der Waals surface area contributed by atoms with Gasteiger partial charge in [0.05, 0.1) is 23.3 Å². The Morgan fingerprint density at radius 3 is 2.43 bits per heavy atom. The molecule has 0 atom stereocenters. The first-order chi connectivity index (χ1) is 13.4. The van der Waals surface area contributed by atoms with E-state index in [-0.39, 0.29) is 29.0 Å². The van der Waals surface area contributed by atoms with Crippen LogP contribution < -0.4 is 10.1 Å². The number of hydrogen-bond acceptors (Lipinski definition) is 5. The molecule has 2 aromatic carbocycles. The number of amides is 1. The number of phenols is 1. The monoisotopic (exact) mass is 398 g/mol. The second-order valence-corrected chi connectivity index (χ2v) is 6.23. The number of nitrogens with one attached hydrogen (secondary N) is 1. The number of aliphatic carboxylic acids is 1. The van der Waals surface area contributed by atoms with Crippen molar-refractivity contribution in [3.63, 3.8) is 0 Å². The summed E-state index contributed by atoms with van der Waals surface area (Å²) in [7, 11) is 0. The molecule has 1 aromatic heterocycles. The third-order valence-electron chi connectivity index (χ3n) is 3.69. The standard InChI is InChI=1S/C20H15ClN2O5/c21-16-9-12(10-19(25)26)1-7-17(16)28-18-8-4-14(11-22-18)23-20(27)13-2-5-15(24)6-3-13/h1-9,11,24H,10H2,(H,23,27)(H,25,26). The highest BCUT2D eigenvalue weighted by Crippen LogP contribution is 2.29. The maximum absolute atomic E-state index is 12.1. The van der Waals surface area contributed by atoms with E-state index >= 15 is 0 Å². The first kappa shape index (κ1) is 19.2. The van der Waals surface area contributed by atoms with Crippen molar-refractivity contribution in [2.45, 2.75) is 6.42 Å². The van der Waals surface area contributed by atoms with E-state index in [4.69, 9.17) is 21.4 Å². The van der Waals surface area contributed by atoms with Crippen LogP contribution in [-0.4, -0.2) is 27.1 Å². The normalized spacial score (nSPS) is 10.3. The number of phenolic OH excluding ortho intramolecular Hbond substituents is 1. The number of carboxylic acid groups (broad SMARTS) is 1. The number of carboxylic acids is 1. The van der Waals surface area contributed by atoms with E-state index in [1.807, 2.05) is 0 Å². The zero-order valence-electron chi connectivity index (χ0n) is 14.4. The number of aromatic nitrogens is 1. The number of carbonyl (C=O) groups is 2. The fourth-order valence-corrected chi connectivity index (χ4v) is 2.60. The van der Waals surface area contributed by atoms with E-state index in [0.717, 1.165) is 0 Å². The topological polar surface area (TPSA) is 109 Å². The quantitative estimate of drug-likeness (QED) is 0.576. The average molecular weight is 399 g/mol. The molecule has 1 heterocycles. The molecule has 0 unspecified atom stereocenters. The van der Waals surface area contributed by atoms with Gasteiger partial charge in [-0.3, -0.25) is 9.59 Å². The Labute approximate surface area is 165 Å². The number of aromatic hydroxyl groups is 1. The second-order valence-electron chi connectivity index (χ2n) is 5.82. The molecule has 0 bridgehead atoms. The molecule has 3 aromatic rings. The van der Waals surface area contributed by atoms with E-state index in [2.05, 4.69) is 10.3 Å². The van der Waals surface area contributed by atoms with Crippen molar-refractivity contribution in [3.8, 4) is 17.4 Å². The summed E-state index contributed by atoms with van der Waals surface area (Å²) in [6.07, 6.45) is 1.30. The zero-order chi connectivity index (χ0) is 20.1. The molecule has 28 heavy (non-hydrogen) atoms. The molecule has 0 aliphatic heterocycles. The van der Waals surface area contributed by atoms with Crippen LogP contribution in [0.2, 0.25) is 5.02 Å². The Hall–Kier alpha value is -3.58. The highest BCUT2D eigenvalue weighted by Gasteiger charge is 2.09. The summed E-state index contributed by atoms with van der Waals surface area (Å²) in [4.78, 5) is 27.0. The summed E-state index contributed by atoms with van der Waals surface area (Å²) in [5, 5.41) is 21.0. The number of halogens is 1. The van der Waals surface area contributed by atoms with Crippen molar-refractivity contribution in [1.82, 2.24) is 4.98 Å². The summed E-state index contributed by atoms with van der Waals surface area (Å²) in [5.41, 5.74) is 1.42. The molecular weight excluding hydrogens is 384 g/mol. The number of nitrogens with zero attached hydrogens (tertiary/aromatic N) is 1. The van der Waals surface area contributed by atoms with Gasteiger partial charge in [0.2, 0.25) is 5.88 Å². The summed E-state index contributed by atoms with van der Waals surface area (Å²) in [5.74, 6) is -0.613. The van der Waals surface area contributed by atoms with Gasteiger partial charge in [0, 0.05) is 11.6 Å². The van der Waals surface area contributed by atoms with Crippen LogP contribution in [0.25, 0.3) is 0 Å². The van der Waals surface area contributed by atoms with Crippen LogP contribution in [0, 0.1) is 0 Å². The van der Waals surface area contributed by atoms with Crippen LogP contribution in [0.15, 0.2) is 60.8 Å². The number of carbonyl (C=O) groups excluding carboxylic acids is 1. The minimum atomic E-state index is -0.948. The molecule has 0 aliphatic rings. The molecule has 0 fully saturated rings. The van der Waals surface area contributed by atoms with E-state index in [9.17, 15) is 14.7 Å². The third-order valence-corrected chi connectivity index (χ3v) is 3.99. The molecule has 7 nitrogen and oxygen atoms in total. The maximum Gasteiger partial charge on any atom is 0.307 e. The largest absolute Gasteiger partial charge is 0.508 e. The Balaban J connectivity index is 1.65. The SMILES string of the molecule is O=C(O)Cc1ccc(Oc2ccc(NC(=O)c3ccc(O)cc3)cn2)c(Cl)c1.